The lowest BCUT2D eigenvalue weighted by Crippen LogP contribution is -2.38. The lowest BCUT2D eigenvalue weighted by molar-refractivity contribution is -0.136. The number of rotatable bonds is 6. The molecule has 1 aliphatic carbocycles. The SMILES string of the molecule is CCC1CCCC(NC(=O)c2ccccc2SC(C)C(=O)O)C1. The summed E-state index contributed by atoms with van der Waals surface area (Å²) in [6, 6.07) is 7.47. The first kappa shape index (κ1) is 17.9. The zero-order valence-corrected chi connectivity index (χ0v) is 14.6. The molecule has 2 rings (SSSR count). The Bertz CT molecular complexity index is 561. The third-order valence-corrected chi connectivity index (χ3v) is 5.64. The Labute approximate surface area is 142 Å². The molecule has 1 aromatic rings. The van der Waals surface area contributed by atoms with E-state index in [-0.39, 0.29) is 11.9 Å². The highest BCUT2D eigenvalue weighted by Gasteiger charge is 2.24. The smallest absolute Gasteiger partial charge is 0.316 e. The van der Waals surface area contributed by atoms with Crippen LogP contribution in [0.25, 0.3) is 0 Å². The van der Waals surface area contributed by atoms with Crippen molar-refractivity contribution in [2.24, 2.45) is 5.92 Å². The Kier molecular flexibility index (Phi) is 6.51. The van der Waals surface area contributed by atoms with Crippen LogP contribution >= 0.6 is 11.8 Å². The van der Waals surface area contributed by atoms with Gasteiger partial charge in [0.15, 0.2) is 0 Å². The second-order valence-corrected chi connectivity index (χ2v) is 7.59. The van der Waals surface area contributed by atoms with E-state index in [0.717, 1.165) is 30.6 Å². The molecule has 1 aliphatic rings. The number of hydrogen-bond donors (Lipinski definition) is 2. The number of carbonyl (C=O) groups excluding carboxylic acids is 1. The van der Waals surface area contributed by atoms with E-state index in [9.17, 15) is 9.59 Å². The molecule has 5 heteroatoms. The van der Waals surface area contributed by atoms with Crippen LogP contribution in [0, 0.1) is 5.92 Å². The lowest BCUT2D eigenvalue weighted by Gasteiger charge is -2.29. The van der Waals surface area contributed by atoms with Crippen molar-refractivity contribution in [1.82, 2.24) is 5.32 Å². The molecule has 2 N–H and O–H groups in total. The van der Waals surface area contributed by atoms with Crippen molar-refractivity contribution in [1.29, 1.82) is 0 Å². The topological polar surface area (TPSA) is 66.4 Å². The van der Waals surface area contributed by atoms with Crippen molar-refractivity contribution in [3.05, 3.63) is 29.8 Å². The van der Waals surface area contributed by atoms with Crippen LogP contribution in [-0.2, 0) is 4.79 Å². The predicted octanol–water partition coefficient (Wildman–Crippen LogP) is 3.95. The third kappa shape index (κ3) is 4.99. The van der Waals surface area contributed by atoms with E-state index in [0.29, 0.717) is 11.5 Å². The van der Waals surface area contributed by atoms with Crippen LogP contribution in [0.3, 0.4) is 0 Å². The number of amides is 1. The summed E-state index contributed by atoms with van der Waals surface area (Å²) < 4.78 is 0. The van der Waals surface area contributed by atoms with Gasteiger partial charge in [-0.05, 0) is 37.8 Å². The molecule has 0 aromatic heterocycles. The Balaban J connectivity index is 2.05. The van der Waals surface area contributed by atoms with Crippen LogP contribution in [0.5, 0.6) is 0 Å². The molecule has 23 heavy (non-hydrogen) atoms. The van der Waals surface area contributed by atoms with Gasteiger partial charge in [0.25, 0.3) is 5.91 Å². The number of benzene rings is 1. The summed E-state index contributed by atoms with van der Waals surface area (Å²) >= 11 is 1.21. The molecule has 0 heterocycles. The summed E-state index contributed by atoms with van der Waals surface area (Å²) in [6.07, 6.45) is 5.66. The molecule has 0 radical (unpaired) electrons. The maximum absolute atomic E-state index is 12.6. The van der Waals surface area contributed by atoms with Crippen molar-refractivity contribution >= 4 is 23.6 Å². The summed E-state index contributed by atoms with van der Waals surface area (Å²) in [7, 11) is 0. The van der Waals surface area contributed by atoms with Crippen LogP contribution in [0.15, 0.2) is 29.2 Å². The van der Waals surface area contributed by atoms with Crippen molar-refractivity contribution in [2.45, 2.75) is 62.1 Å². The standard InChI is InChI=1S/C18H25NO3S/c1-3-13-7-6-8-14(11-13)19-17(20)15-9-4-5-10-16(15)23-12(2)18(21)22/h4-5,9-10,12-14H,3,6-8,11H2,1-2H3,(H,19,20)(H,21,22). The second-order valence-electron chi connectivity index (χ2n) is 6.21. The first-order valence-corrected chi connectivity index (χ1v) is 9.18. The molecule has 0 spiro atoms. The summed E-state index contributed by atoms with van der Waals surface area (Å²) in [4.78, 5) is 24.4. The van der Waals surface area contributed by atoms with Crippen LogP contribution in [-0.4, -0.2) is 28.3 Å². The van der Waals surface area contributed by atoms with E-state index >= 15 is 0 Å². The molecule has 0 aliphatic heterocycles. The van der Waals surface area contributed by atoms with Gasteiger partial charge in [-0.3, -0.25) is 9.59 Å². The normalized spacial score (nSPS) is 22.3. The minimum absolute atomic E-state index is 0.0903. The Morgan fingerprint density at radius 2 is 2.09 bits per heavy atom. The fraction of sp³-hybridized carbons (Fsp3) is 0.556. The largest absolute Gasteiger partial charge is 0.480 e. The van der Waals surface area contributed by atoms with Crippen molar-refractivity contribution in [3.8, 4) is 0 Å². The molecule has 1 saturated carbocycles. The lowest BCUT2D eigenvalue weighted by atomic mass is 9.84. The van der Waals surface area contributed by atoms with Crippen LogP contribution in [0.4, 0.5) is 0 Å². The summed E-state index contributed by atoms with van der Waals surface area (Å²) in [5, 5.41) is 11.6. The molecule has 126 valence electrons. The molecular weight excluding hydrogens is 310 g/mol. The third-order valence-electron chi connectivity index (χ3n) is 4.48. The first-order valence-electron chi connectivity index (χ1n) is 8.30. The highest BCUT2D eigenvalue weighted by molar-refractivity contribution is 8.00. The van der Waals surface area contributed by atoms with Crippen molar-refractivity contribution < 1.29 is 14.7 Å². The maximum atomic E-state index is 12.6. The van der Waals surface area contributed by atoms with Crippen LogP contribution < -0.4 is 5.32 Å². The fourth-order valence-electron chi connectivity index (χ4n) is 3.05. The summed E-state index contributed by atoms with van der Waals surface area (Å²) in [5.74, 6) is -0.263. The molecular formula is C18H25NO3S. The zero-order valence-electron chi connectivity index (χ0n) is 13.7. The van der Waals surface area contributed by atoms with Crippen LogP contribution in [0.2, 0.25) is 0 Å². The summed E-state index contributed by atoms with van der Waals surface area (Å²) in [5.41, 5.74) is 0.573. The van der Waals surface area contributed by atoms with Gasteiger partial charge < -0.3 is 10.4 Å². The Morgan fingerprint density at radius 1 is 1.35 bits per heavy atom. The van der Waals surface area contributed by atoms with E-state index in [1.54, 1.807) is 13.0 Å². The number of aliphatic carboxylic acids is 1. The van der Waals surface area contributed by atoms with Gasteiger partial charge in [0.1, 0.15) is 5.25 Å². The van der Waals surface area contributed by atoms with Gasteiger partial charge in [-0.1, -0.05) is 38.3 Å². The van der Waals surface area contributed by atoms with E-state index in [4.69, 9.17) is 5.11 Å². The number of thioether (sulfide) groups is 1. The monoisotopic (exact) mass is 335 g/mol. The van der Waals surface area contributed by atoms with Crippen LogP contribution in [0.1, 0.15) is 56.3 Å². The van der Waals surface area contributed by atoms with Crippen molar-refractivity contribution in [2.75, 3.05) is 0 Å². The molecule has 1 aromatic carbocycles. The number of carboxylic acid groups (broad SMARTS) is 1. The maximum Gasteiger partial charge on any atom is 0.316 e. The van der Waals surface area contributed by atoms with Gasteiger partial charge in [-0.25, -0.2) is 0 Å². The van der Waals surface area contributed by atoms with Crippen molar-refractivity contribution in [3.63, 3.8) is 0 Å². The quantitative estimate of drug-likeness (QED) is 0.773. The Hall–Kier alpha value is -1.49. The van der Waals surface area contributed by atoms with E-state index < -0.39 is 11.2 Å². The predicted molar refractivity (Wildman–Crippen MR) is 92.9 cm³/mol. The highest BCUT2D eigenvalue weighted by Crippen LogP contribution is 2.29. The number of hydrogen-bond acceptors (Lipinski definition) is 3. The molecule has 0 bridgehead atoms. The van der Waals surface area contributed by atoms with Gasteiger partial charge >= 0.3 is 5.97 Å². The summed E-state index contributed by atoms with van der Waals surface area (Å²) in [6.45, 7) is 3.84. The number of carboxylic acids is 1. The molecule has 1 fully saturated rings. The molecule has 3 unspecified atom stereocenters. The zero-order chi connectivity index (χ0) is 16.8. The number of nitrogens with one attached hydrogen (secondary N) is 1. The van der Waals surface area contributed by atoms with Gasteiger partial charge in [-0.2, -0.15) is 0 Å². The molecule has 1 amide bonds. The van der Waals surface area contributed by atoms with Gasteiger partial charge in [0.05, 0.1) is 5.56 Å². The average Bonchev–Trinajstić information content (AvgIpc) is 2.55. The fourth-order valence-corrected chi connectivity index (χ4v) is 3.98. The van der Waals surface area contributed by atoms with E-state index in [1.807, 2.05) is 18.2 Å². The number of carbonyl (C=O) groups is 2. The second kappa shape index (κ2) is 8.39. The van der Waals surface area contributed by atoms with Gasteiger partial charge in [0.2, 0.25) is 0 Å². The molecule has 3 atom stereocenters. The Morgan fingerprint density at radius 3 is 2.78 bits per heavy atom. The highest BCUT2D eigenvalue weighted by atomic mass is 32.2. The van der Waals surface area contributed by atoms with Gasteiger partial charge in [-0.15, -0.1) is 11.8 Å². The minimum Gasteiger partial charge on any atom is -0.480 e. The van der Waals surface area contributed by atoms with Gasteiger partial charge in [0, 0.05) is 10.9 Å². The molecule has 0 saturated heterocycles. The molecule has 4 nitrogen and oxygen atoms in total. The minimum atomic E-state index is -0.872. The first-order chi connectivity index (χ1) is 11.0. The van der Waals surface area contributed by atoms with E-state index in [2.05, 4.69) is 12.2 Å². The average molecular weight is 335 g/mol. The van der Waals surface area contributed by atoms with E-state index in [1.165, 1.54) is 18.2 Å².